The molecule has 164 valence electrons. The van der Waals surface area contributed by atoms with E-state index < -0.39 is 0 Å². The molecule has 32 heavy (non-hydrogen) atoms. The van der Waals surface area contributed by atoms with E-state index in [9.17, 15) is 4.79 Å². The fraction of sp³-hybridized carbons (Fsp3) is 0.167. The van der Waals surface area contributed by atoms with Crippen LogP contribution >= 0.6 is 34.5 Å². The summed E-state index contributed by atoms with van der Waals surface area (Å²) < 4.78 is 7.64. The lowest BCUT2D eigenvalue weighted by atomic mass is 10.1. The van der Waals surface area contributed by atoms with Crippen LogP contribution in [0.3, 0.4) is 0 Å². The molecule has 0 bridgehead atoms. The third-order valence-electron chi connectivity index (χ3n) is 4.82. The number of ether oxygens (including phenoxy) is 1. The van der Waals surface area contributed by atoms with E-state index in [0.717, 1.165) is 22.4 Å². The van der Waals surface area contributed by atoms with Gasteiger partial charge in [0.1, 0.15) is 12.4 Å². The van der Waals surface area contributed by atoms with Gasteiger partial charge in [0.25, 0.3) is 5.91 Å². The van der Waals surface area contributed by atoms with E-state index in [4.69, 9.17) is 27.9 Å². The molecule has 0 aliphatic carbocycles. The molecule has 4 rings (SSSR count). The average Bonchev–Trinajstić information content (AvgIpc) is 3.40. The molecule has 0 aliphatic heterocycles. The Morgan fingerprint density at radius 3 is 2.72 bits per heavy atom. The molecule has 0 aliphatic rings. The van der Waals surface area contributed by atoms with Crippen molar-refractivity contribution in [3.05, 3.63) is 97.4 Å². The quantitative estimate of drug-likeness (QED) is 0.315. The minimum Gasteiger partial charge on any atom is -0.489 e. The Morgan fingerprint density at radius 1 is 1.09 bits per heavy atom. The van der Waals surface area contributed by atoms with Crippen LogP contribution in [0.4, 0.5) is 5.69 Å². The number of hydrogen-bond donors (Lipinski definition) is 1. The summed E-state index contributed by atoms with van der Waals surface area (Å²) in [6.07, 6.45) is 3.39. The Balaban J connectivity index is 1.34. The highest BCUT2D eigenvalue weighted by Gasteiger charge is 2.12. The van der Waals surface area contributed by atoms with Crippen LogP contribution in [0.25, 0.3) is 0 Å². The largest absolute Gasteiger partial charge is 0.489 e. The van der Waals surface area contributed by atoms with Crippen molar-refractivity contribution in [2.45, 2.75) is 27.0 Å². The monoisotopic (exact) mass is 485 g/mol. The van der Waals surface area contributed by atoms with Gasteiger partial charge in [-0.25, -0.2) is 0 Å². The number of aromatic nitrogens is 2. The summed E-state index contributed by atoms with van der Waals surface area (Å²) in [5, 5.41) is 10.1. The van der Waals surface area contributed by atoms with Gasteiger partial charge < -0.3 is 10.1 Å². The number of nitrogens with one attached hydrogen (secondary N) is 1. The number of thiophene rings is 1. The van der Waals surface area contributed by atoms with Gasteiger partial charge in [-0.15, -0.1) is 11.3 Å². The van der Waals surface area contributed by atoms with Crippen LogP contribution < -0.4 is 10.1 Å². The highest BCUT2D eigenvalue weighted by atomic mass is 35.5. The smallest absolute Gasteiger partial charge is 0.265 e. The minimum absolute atomic E-state index is 0.179. The zero-order valence-corrected chi connectivity index (χ0v) is 19.9. The van der Waals surface area contributed by atoms with Crippen molar-refractivity contribution in [3.63, 3.8) is 0 Å². The number of benzene rings is 2. The predicted octanol–water partition coefficient (Wildman–Crippen LogP) is 6.75. The van der Waals surface area contributed by atoms with Gasteiger partial charge in [-0.3, -0.25) is 9.48 Å². The van der Waals surface area contributed by atoms with Crippen molar-refractivity contribution in [2.24, 2.45) is 0 Å². The molecule has 0 fully saturated rings. The normalized spacial score (nSPS) is 10.9. The zero-order chi connectivity index (χ0) is 22.7. The lowest BCUT2D eigenvalue weighted by molar-refractivity contribution is 0.103. The Labute approximate surface area is 200 Å². The minimum atomic E-state index is -0.179. The molecule has 0 atom stereocenters. The number of anilines is 1. The van der Waals surface area contributed by atoms with Gasteiger partial charge in [-0.2, -0.15) is 5.10 Å². The van der Waals surface area contributed by atoms with E-state index in [-0.39, 0.29) is 5.91 Å². The van der Waals surface area contributed by atoms with Crippen LogP contribution in [-0.4, -0.2) is 15.7 Å². The molecule has 1 N–H and O–H groups in total. The summed E-state index contributed by atoms with van der Waals surface area (Å²) >= 11 is 13.4. The molecule has 2 aromatic carbocycles. The lowest BCUT2D eigenvalue weighted by Crippen LogP contribution is -2.09. The summed E-state index contributed by atoms with van der Waals surface area (Å²) in [5.74, 6) is 0.670. The molecular formula is C24H21Cl2N3O2S. The third-order valence-corrected chi connectivity index (χ3v) is 6.54. The maximum atomic E-state index is 12.6. The average molecular weight is 486 g/mol. The second kappa shape index (κ2) is 9.77. The summed E-state index contributed by atoms with van der Waals surface area (Å²) in [6.45, 7) is 5.01. The van der Waals surface area contributed by atoms with E-state index in [0.29, 0.717) is 33.8 Å². The molecule has 0 saturated carbocycles. The molecule has 0 radical (unpaired) electrons. The number of rotatable bonds is 7. The highest BCUT2D eigenvalue weighted by molar-refractivity contribution is 7.12. The SMILES string of the molecule is Cc1ccc(OCc2csc(C(=O)Nc3cnn(Cc4ccc(Cl)c(Cl)c4)c3)c2)c(C)c1. The standard InChI is InChI=1S/C24H21Cl2N3O2S/c1-15-3-6-22(16(2)7-15)31-13-18-9-23(32-14-18)24(30)28-19-10-27-29(12-19)11-17-4-5-20(25)21(26)8-17/h3-10,12,14H,11,13H2,1-2H3,(H,28,30). The second-order valence-corrected chi connectivity index (χ2v) is 9.23. The first kappa shape index (κ1) is 22.4. The first-order valence-corrected chi connectivity index (χ1v) is 11.6. The first-order valence-electron chi connectivity index (χ1n) is 9.92. The van der Waals surface area contributed by atoms with E-state index in [1.165, 1.54) is 16.9 Å². The van der Waals surface area contributed by atoms with E-state index >= 15 is 0 Å². The Kier molecular flexibility index (Phi) is 6.84. The van der Waals surface area contributed by atoms with Crippen LogP contribution in [0.15, 0.2) is 60.2 Å². The summed E-state index contributed by atoms with van der Waals surface area (Å²) in [6, 6.07) is 13.4. The molecule has 0 spiro atoms. The summed E-state index contributed by atoms with van der Waals surface area (Å²) in [5.41, 5.74) is 4.83. The molecule has 4 aromatic rings. The van der Waals surface area contributed by atoms with Gasteiger partial charge in [0.05, 0.1) is 33.4 Å². The molecule has 2 heterocycles. The molecular weight excluding hydrogens is 465 g/mol. The number of carbonyl (C=O) groups excluding carboxylic acids is 1. The van der Waals surface area contributed by atoms with Gasteiger partial charge in [-0.05, 0) is 54.6 Å². The van der Waals surface area contributed by atoms with Gasteiger partial charge in [0.15, 0.2) is 0 Å². The van der Waals surface area contributed by atoms with Crippen LogP contribution in [0.2, 0.25) is 10.0 Å². The highest BCUT2D eigenvalue weighted by Crippen LogP contribution is 2.24. The molecule has 1 amide bonds. The Hall–Kier alpha value is -2.80. The third kappa shape index (κ3) is 5.51. The summed E-state index contributed by atoms with van der Waals surface area (Å²) in [7, 11) is 0. The van der Waals surface area contributed by atoms with Crippen LogP contribution in [0.5, 0.6) is 5.75 Å². The van der Waals surface area contributed by atoms with Crippen molar-refractivity contribution in [1.29, 1.82) is 0 Å². The number of carbonyl (C=O) groups is 1. The molecule has 5 nitrogen and oxygen atoms in total. The number of halogens is 2. The molecule has 0 saturated heterocycles. The molecule has 8 heteroatoms. The maximum Gasteiger partial charge on any atom is 0.265 e. The van der Waals surface area contributed by atoms with E-state index in [2.05, 4.69) is 23.4 Å². The predicted molar refractivity (Wildman–Crippen MR) is 130 cm³/mol. The fourth-order valence-electron chi connectivity index (χ4n) is 3.23. The van der Waals surface area contributed by atoms with Crippen LogP contribution in [0, 0.1) is 13.8 Å². The number of amides is 1. The van der Waals surface area contributed by atoms with Crippen molar-refractivity contribution >= 4 is 46.1 Å². The van der Waals surface area contributed by atoms with Crippen LogP contribution in [-0.2, 0) is 13.2 Å². The van der Waals surface area contributed by atoms with E-state index in [1.54, 1.807) is 29.2 Å². The topological polar surface area (TPSA) is 56.1 Å². The van der Waals surface area contributed by atoms with Gasteiger partial charge in [-0.1, -0.05) is 47.0 Å². The Bertz CT molecular complexity index is 1270. The van der Waals surface area contributed by atoms with Gasteiger partial charge in [0, 0.05) is 11.8 Å². The van der Waals surface area contributed by atoms with Gasteiger partial charge in [0.2, 0.25) is 0 Å². The number of hydrogen-bond acceptors (Lipinski definition) is 4. The van der Waals surface area contributed by atoms with Gasteiger partial charge >= 0.3 is 0 Å². The molecule has 2 aromatic heterocycles. The molecule has 0 unspecified atom stereocenters. The van der Waals surface area contributed by atoms with Crippen LogP contribution in [0.1, 0.15) is 31.9 Å². The number of aryl methyl sites for hydroxylation is 2. The zero-order valence-electron chi connectivity index (χ0n) is 17.6. The van der Waals surface area contributed by atoms with Crippen molar-refractivity contribution in [3.8, 4) is 5.75 Å². The van der Waals surface area contributed by atoms with E-state index in [1.807, 2.05) is 36.6 Å². The lowest BCUT2D eigenvalue weighted by Gasteiger charge is -2.08. The van der Waals surface area contributed by atoms with Crippen molar-refractivity contribution in [2.75, 3.05) is 5.32 Å². The van der Waals surface area contributed by atoms with Crippen molar-refractivity contribution < 1.29 is 9.53 Å². The first-order chi connectivity index (χ1) is 15.4. The number of nitrogens with zero attached hydrogens (tertiary/aromatic N) is 2. The summed E-state index contributed by atoms with van der Waals surface area (Å²) in [4.78, 5) is 13.2. The maximum absolute atomic E-state index is 12.6. The fourth-order valence-corrected chi connectivity index (χ4v) is 4.34. The Morgan fingerprint density at radius 2 is 1.94 bits per heavy atom. The van der Waals surface area contributed by atoms with Crippen molar-refractivity contribution in [1.82, 2.24) is 9.78 Å². The second-order valence-electron chi connectivity index (χ2n) is 7.51.